The first-order valence-electron chi connectivity index (χ1n) is 4.19. The van der Waals surface area contributed by atoms with Crippen LogP contribution in [0.5, 0.6) is 0 Å². The number of nitrogens with one attached hydrogen (secondary N) is 2. The first-order valence-corrected chi connectivity index (χ1v) is 5.01. The minimum Gasteiger partial charge on any atom is -0.316 e. The summed E-state index contributed by atoms with van der Waals surface area (Å²) >= 11 is 1.31. The molecule has 0 aliphatic carbocycles. The highest BCUT2D eigenvalue weighted by Gasteiger charge is 2.04. The van der Waals surface area contributed by atoms with E-state index < -0.39 is 0 Å². The van der Waals surface area contributed by atoms with Crippen molar-refractivity contribution >= 4 is 11.3 Å². The van der Waals surface area contributed by atoms with Crippen LogP contribution in [0, 0.1) is 0 Å². The fourth-order valence-corrected chi connectivity index (χ4v) is 1.95. The molecule has 0 aromatic carbocycles. The third-order valence-corrected chi connectivity index (χ3v) is 2.62. The largest absolute Gasteiger partial charge is 0.316 e. The average Bonchev–Trinajstić information content (AvgIpc) is 2.42. The molecule has 12 heavy (non-hydrogen) atoms. The van der Waals surface area contributed by atoms with E-state index in [2.05, 4.69) is 17.2 Å². The monoisotopic (exact) mass is 186 g/mol. The van der Waals surface area contributed by atoms with Crippen LogP contribution in [0.3, 0.4) is 0 Å². The van der Waals surface area contributed by atoms with Crippen LogP contribution in [0.15, 0.2) is 4.79 Å². The minimum atomic E-state index is 0.0553. The molecule has 0 radical (unpaired) electrons. The highest BCUT2D eigenvalue weighted by Crippen LogP contribution is 2.08. The quantitative estimate of drug-likeness (QED) is 0.740. The van der Waals surface area contributed by atoms with E-state index in [1.165, 1.54) is 11.3 Å². The molecule has 3 nitrogen and oxygen atoms in total. The number of hydrogen-bond donors (Lipinski definition) is 2. The van der Waals surface area contributed by atoms with Gasteiger partial charge in [-0.3, -0.25) is 4.79 Å². The lowest BCUT2D eigenvalue weighted by Gasteiger charge is -1.99. The first-order chi connectivity index (χ1) is 5.77. The van der Waals surface area contributed by atoms with Gasteiger partial charge in [0.1, 0.15) is 0 Å². The summed E-state index contributed by atoms with van der Waals surface area (Å²) in [6.07, 6.45) is 0.902. The van der Waals surface area contributed by atoms with Crippen LogP contribution < -0.4 is 10.2 Å². The Kier molecular flexibility index (Phi) is 3.49. The number of thiazole rings is 1. The Bertz CT molecular complexity index is 289. The van der Waals surface area contributed by atoms with Crippen molar-refractivity contribution in [1.82, 2.24) is 10.3 Å². The highest BCUT2D eigenvalue weighted by atomic mass is 32.1. The van der Waals surface area contributed by atoms with E-state index in [1.807, 2.05) is 6.92 Å². The van der Waals surface area contributed by atoms with Gasteiger partial charge in [-0.05, 0) is 13.0 Å². The molecular formula is C8H14N2OS. The number of aromatic amines is 1. The van der Waals surface area contributed by atoms with Crippen LogP contribution in [0.2, 0.25) is 0 Å². The summed E-state index contributed by atoms with van der Waals surface area (Å²) in [5.74, 6) is 0. The van der Waals surface area contributed by atoms with Crippen molar-refractivity contribution in [3.63, 3.8) is 0 Å². The maximum absolute atomic E-state index is 11.0. The Morgan fingerprint density at radius 2 is 2.25 bits per heavy atom. The smallest absolute Gasteiger partial charge is 0.304 e. The lowest BCUT2D eigenvalue weighted by atomic mass is 10.3. The second-order valence-corrected chi connectivity index (χ2v) is 3.62. The molecule has 0 atom stereocenters. The Balaban J connectivity index is 2.75. The van der Waals surface area contributed by atoms with Gasteiger partial charge < -0.3 is 10.3 Å². The van der Waals surface area contributed by atoms with Crippen LogP contribution in [0.1, 0.15) is 24.4 Å². The molecule has 4 heteroatoms. The van der Waals surface area contributed by atoms with Crippen molar-refractivity contribution in [1.29, 1.82) is 0 Å². The Morgan fingerprint density at radius 3 is 2.83 bits per heavy atom. The second kappa shape index (κ2) is 4.42. The van der Waals surface area contributed by atoms with E-state index in [9.17, 15) is 4.79 Å². The van der Waals surface area contributed by atoms with Crippen molar-refractivity contribution in [2.24, 2.45) is 0 Å². The summed E-state index contributed by atoms with van der Waals surface area (Å²) in [4.78, 5) is 15.0. The molecule has 1 heterocycles. The molecule has 68 valence electrons. The third kappa shape index (κ3) is 2.19. The van der Waals surface area contributed by atoms with Gasteiger partial charge in [-0.2, -0.15) is 0 Å². The summed E-state index contributed by atoms with van der Waals surface area (Å²) in [6.45, 7) is 5.85. The molecule has 0 spiro atoms. The van der Waals surface area contributed by atoms with Crippen molar-refractivity contribution in [3.8, 4) is 0 Å². The van der Waals surface area contributed by atoms with E-state index in [1.54, 1.807) is 0 Å². The molecule has 0 aliphatic rings. The van der Waals surface area contributed by atoms with Gasteiger partial charge in [0.2, 0.25) is 0 Å². The van der Waals surface area contributed by atoms with Gasteiger partial charge in [0.25, 0.3) is 0 Å². The first kappa shape index (κ1) is 9.48. The predicted octanol–water partition coefficient (Wildman–Crippen LogP) is 1.11. The van der Waals surface area contributed by atoms with Gasteiger partial charge in [-0.15, -0.1) is 0 Å². The fraction of sp³-hybridized carbons (Fsp3) is 0.625. The van der Waals surface area contributed by atoms with Gasteiger partial charge >= 0.3 is 4.87 Å². The molecule has 0 bridgehead atoms. The molecule has 1 aromatic rings. The van der Waals surface area contributed by atoms with Crippen molar-refractivity contribution in [3.05, 3.63) is 20.2 Å². The zero-order valence-corrected chi connectivity index (χ0v) is 8.25. The topological polar surface area (TPSA) is 44.9 Å². The van der Waals surface area contributed by atoms with E-state index in [-0.39, 0.29) is 4.87 Å². The standard InChI is InChI=1S/C8H14N2OS/c1-3-6-7(5-9-4-2)12-8(11)10-6/h9H,3-5H2,1-2H3,(H,10,11). The number of aryl methyl sites for hydroxylation is 1. The molecule has 1 rings (SSSR count). The van der Waals surface area contributed by atoms with E-state index in [4.69, 9.17) is 0 Å². The van der Waals surface area contributed by atoms with Crippen LogP contribution in [-0.2, 0) is 13.0 Å². The van der Waals surface area contributed by atoms with Crippen LogP contribution in [0.25, 0.3) is 0 Å². The molecule has 0 unspecified atom stereocenters. The van der Waals surface area contributed by atoms with E-state index in [0.717, 1.165) is 30.1 Å². The second-order valence-electron chi connectivity index (χ2n) is 2.55. The lowest BCUT2D eigenvalue weighted by molar-refractivity contribution is 0.727. The van der Waals surface area contributed by atoms with Gasteiger partial charge in [-0.1, -0.05) is 25.2 Å². The van der Waals surface area contributed by atoms with Crippen LogP contribution >= 0.6 is 11.3 Å². The van der Waals surface area contributed by atoms with Crippen molar-refractivity contribution in [2.45, 2.75) is 26.8 Å². The predicted molar refractivity (Wildman–Crippen MR) is 51.7 cm³/mol. The average molecular weight is 186 g/mol. The molecular weight excluding hydrogens is 172 g/mol. The normalized spacial score (nSPS) is 10.5. The van der Waals surface area contributed by atoms with Gasteiger partial charge in [0.05, 0.1) is 0 Å². The summed E-state index contributed by atoms with van der Waals surface area (Å²) in [6, 6.07) is 0. The van der Waals surface area contributed by atoms with Crippen molar-refractivity contribution < 1.29 is 0 Å². The molecule has 1 aromatic heterocycles. The number of rotatable bonds is 4. The SMILES string of the molecule is CCNCc1sc(=O)[nH]c1CC. The molecule has 0 saturated carbocycles. The van der Waals surface area contributed by atoms with E-state index >= 15 is 0 Å². The molecule has 2 N–H and O–H groups in total. The minimum absolute atomic E-state index is 0.0553. The number of hydrogen-bond acceptors (Lipinski definition) is 3. The lowest BCUT2D eigenvalue weighted by Crippen LogP contribution is -2.11. The fourth-order valence-electron chi connectivity index (χ4n) is 1.06. The Morgan fingerprint density at radius 1 is 1.50 bits per heavy atom. The summed E-state index contributed by atoms with van der Waals surface area (Å²) in [7, 11) is 0. The van der Waals surface area contributed by atoms with Crippen LogP contribution in [0.4, 0.5) is 0 Å². The summed E-state index contributed by atoms with van der Waals surface area (Å²) < 4.78 is 0. The van der Waals surface area contributed by atoms with E-state index in [0.29, 0.717) is 0 Å². The number of H-pyrrole nitrogens is 1. The van der Waals surface area contributed by atoms with Crippen LogP contribution in [-0.4, -0.2) is 11.5 Å². The molecule has 0 amide bonds. The molecule has 0 aliphatic heterocycles. The van der Waals surface area contributed by atoms with Gasteiger partial charge in [-0.25, -0.2) is 0 Å². The zero-order chi connectivity index (χ0) is 8.97. The van der Waals surface area contributed by atoms with Crippen molar-refractivity contribution in [2.75, 3.05) is 6.54 Å². The Labute approximate surface area is 75.8 Å². The molecule has 0 fully saturated rings. The summed E-state index contributed by atoms with van der Waals surface area (Å²) in [5, 5.41) is 3.20. The van der Waals surface area contributed by atoms with Gasteiger partial charge in [0.15, 0.2) is 0 Å². The maximum Gasteiger partial charge on any atom is 0.304 e. The Hall–Kier alpha value is -0.610. The number of aromatic nitrogens is 1. The summed E-state index contributed by atoms with van der Waals surface area (Å²) in [5.41, 5.74) is 1.07. The highest BCUT2D eigenvalue weighted by molar-refractivity contribution is 7.09. The zero-order valence-electron chi connectivity index (χ0n) is 7.44. The maximum atomic E-state index is 11.0. The third-order valence-electron chi connectivity index (χ3n) is 1.69. The molecule has 0 saturated heterocycles. The van der Waals surface area contributed by atoms with Gasteiger partial charge in [0, 0.05) is 17.1 Å².